The van der Waals surface area contributed by atoms with Gasteiger partial charge in [-0.15, -0.1) is 0 Å². The second-order valence-electron chi connectivity index (χ2n) is 8.36. The summed E-state index contributed by atoms with van der Waals surface area (Å²) >= 11 is 0. The SMILES string of the molecule is CC(C)(C)OC(=O)N1[C@H](c2cccc(F)c2)CC[C@@H]1C1(O)CCCC1. The van der Waals surface area contributed by atoms with Crippen LogP contribution in [0, 0.1) is 5.82 Å². The van der Waals surface area contributed by atoms with E-state index < -0.39 is 17.3 Å². The molecule has 1 aromatic rings. The van der Waals surface area contributed by atoms with E-state index in [2.05, 4.69) is 0 Å². The van der Waals surface area contributed by atoms with Crippen molar-refractivity contribution in [3.05, 3.63) is 35.6 Å². The second-order valence-corrected chi connectivity index (χ2v) is 8.36. The zero-order valence-corrected chi connectivity index (χ0v) is 15.3. The van der Waals surface area contributed by atoms with Gasteiger partial charge in [0.15, 0.2) is 0 Å². The first-order chi connectivity index (χ1) is 11.7. The normalized spacial score (nSPS) is 26.0. The highest BCUT2D eigenvalue weighted by Crippen LogP contribution is 2.46. The van der Waals surface area contributed by atoms with E-state index >= 15 is 0 Å². The Morgan fingerprint density at radius 1 is 1.28 bits per heavy atom. The molecule has 1 aromatic carbocycles. The average Bonchev–Trinajstić information content (AvgIpc) is 3.12. The van der Waals surface area contributed by atoms with Crippen LogP contribution in [0.25, 0.3) is 0 Å². The van der Waals surface area contributed by atoms with E-state index in [4.69, 9.17) is 4.74 Å². The largest absolute Gasteiger partial charge is 0.444 e. The van der Waals surface area contributed by atoms with Crippen molar-refractivity contribution in [3.63, 3.8) is 0 Å². The molecule has 1 amide bonds. The number of rotatable bonds is 2. The molecule has 1 heterocycles. The molecule has 2 fully saturated rings. The smallest absolute Gasteiger partial charge is 0.411 e. The summed E-state index contributed by atoms with van der Waals surface area (Å²) in [6.07, 6.45) is 4.33. The molecule has 4 nitrogen and oxygen atoms in total. The number of hydrogen-bond acceptors (Lipinski definition) is 3. The molecule has 1 aliphatic carbocycles. The molecule has 0 spiro atoms. The molecule has 0 unspecified atom stereocenters. The van der Waals surface area contributed by atoms with Gasteiger partial charge in [-0.05, 0) is 64.2 Å². The molecule has 25 heavy (non-hydrogen) atoms. The molecule has 1 aliphatic heterocycles. The lowest BCUT2D eigenvalue weighted by molar-refractivity contribution is -0.0481. The Morgan fingerprint density at radius 3 is 2.56 bits per heavy atom. The van der Waals surface area contributed by atoms with Gasteiger partial charge in [0.1, 0.15) is 11.4 Å². The van der Waals surface area contributed by atoms with Crippen LogP contribution in [-0.2, 0) is 4.74 Å². The van der Waals surface area contributed by atoms with E-state index in [9.17, 15) is 14.3 Å². The van der Waals surface area contributed by atoms with Gasteiger partial charge in [0.05, 0.1) is 17.7 Å². The Kier molecular flexibility index (Phi) is 4.80. The lowest BCUT2D eigenvalue weighted by Crippen LogP contribution is -2.52. The summed E-state index contributed by atoms with van der Waals surface area (Å²) in [6, 6.07) is 5.83. The standard InChI is InChI=1S/C20H28FNO3/c1-19(2,3)25-18(23)22-16(14-7-6-8-15(21)13-14)9-10-17(22)20(24)11-4-5-12-20/h6-8,13,16-17,24H,4-5,9-12H2,1-3H3/t16-,17+/m0/s1. The highest BCUT2D eigenvalue weighted by atomic mass is 19.1. The second kappa shape index (κ2) is 6.60. The average molecular weight is 349 g/mol. The molecule has 0 radical (unpaired) electrons. The molecule has 1 saturated carbocycles. The minimum absolute atomic E-state index is 0.264. The molecule has 5 heteroatoms. The quantitative estimate of drug-likeness (QED) is 0.851. The number of aliphatic hydroxyl groups is 1. The van der Waals surface area contributed by atoms with Gasteiger partial charge in [-0.1, -0.05) is 25.0 Å². The number of nitrogens with zero attached hydrogens (tertiary/aromatic N) is 1. The number of benzene rings is 1. The number of halogens is 1. The zero-order chi connectivity index (χ0) is 18.2. The minimum Gasteiger partial charge on any atom is -0.444 e. The Bertz CT molecular complexity index is 634. The number of ether oxygens (including phenoxy) is 1. The monoisotopic (exact) mass is 349 g/mol. The number of carbonyl (C=O) groups excluding carboxylic acids is 1. The molecule has 1 saturated heterocycles. The summed E-state index contributed by atoms with van der Waals surface area (Å²) < 4.78 is 19.3. The van der Waals surface area contributed by atoms with Gasteiger partial charge in [-0.2, -0.15) is 0 Å². The summed E-state index contributed by atoms with van der Waals surface area (Å²) in [4.78, 5) is 14.6. The lowest BCUT2D eigenvalue weighted by Gasteiger charge is -2.39. The number of likely N-dealkylation sites (tertiary alicyclic amines) is 1. The summed E-state index contributed by atoms with van der Waals surface area (Å²) in [5.41, 5.74) is -0.719. The van der Waals surface area contributed by atoms with E-state index in [1.807, 2.05) is 26.8 Å². The van der Waals surface area contributed by atoms with E-state index in [1.54, 1.807) is 11.0 Å². The number of carbonyl (C=O) groups is 1. The minimum atomic E-state index is -0.862. The zero-order valence-electron chi connectivity index (χ0n) is 15.3. The van der Waals surface area contributed by atoms with Crippen LogP contribution in [0.3, 0.4) is 0 Å². The summed E-state index contributed by atoms with van der Waals surface area (Å²) in [5.74, 6) is -0.315. The van der Waals surface area contributed by atoms with Gasteiger partial charge in [-0.25, -0.2) is 9.18 Å². The maximum atomic E-state index is 13.7. The molecule has 2 atom stereocenters. The van der Waals surface area contributed by atoms with Crippen LogP contribution < -0.4 is 0 Å². The van der Waals surface area contributed by atoms with E-state index in [0.29, 0.717) is 25.7 Å². The van der Waals surface area contributed by atoms with Crippen molar-refractivity contribution in [2.45, 2.75) is 82.6 Å². The van der Waals surface area contributed by atoms with Gasteiger partial charge in [0, 0.05) is 0 Å². The highest BCUT2D eigenvalue weighted by Gasteiger charge is 2.50. The Labute approximate surface area is 149 Å². The van der Waals surface area contributed by atoms with Crippen molar-refractivity contribution >= 4 is 6.09 Å². The van der Waals surface area contributed by atoms with Crippen molar-refractivity contribution in [2.24, 2.45) is 0 Å². The van der Waals surface area contributed by atoms with Gasteiger partial charge in [0.2, 0.25) is 0 Å². The van der Waals surface area contributed by atoms with Gasteiger partial charge >= 0.3 is 6.09 Å². The van der Waals surface area contributed by atoms with Crippen molar-refractivity contribution in [1.82, 2.24) is 4.90 Å². The maximum absolute atomic E-state index is 13.7. The van der Waals surface area contributed by atoms with Crippen molar-refractivity contribution in [3.8, 4) is 0 Å². The van der Waals surface area contributed by atoms with Gasteiger partial charge < -0.3 is 9.84 Å². The van der Waals surface area contributed by atoms with Crippen LogP contribution >= 0.6 is 0 Å². The molecule has 138 valence electrons. The van der Waals surface area contributed by atoms with Crippen LogP contribution in [0.2, 0.25) is 0 Å². The fraction of sp³-hybridized carbons (Fsp3) is 0.650. The Balaban J connectivity index is 1.93. The molecule has 1 N–H and O–H groups in total. The third kappa shape index (κ3) is 3.81. The summed E-state index contributed by atoms with van der Waals surface area (Å²) in [5, 5.41) is 11.1. The first kappa shape index (κ1) is 18.2. The van der Waals surface area contributed by atoms with Gasteiger partial charge in [0.25, 0.3) is 0 Å². The first-order valence-electron chi connectivity index (χ1n) is 9.19. The topological polar surface area (TPSA) is 49.8 Å². The summed E-state index contributed by atoms with van der Waals surface area (Å²) in [6.45, 7) is 5.49. The van der Waals surface area contributed by atoms with Gasteiger partial charge in [-0.3, -0.25) is 4.90 Å². The fourth-order valence-corrected chi connectivity index (χ4v) is 4.27. The van der Waals surface area contributed by atoms with Crippen LogP contribution in [0.1, 0.15) is 70.9 Å². The van der Waals surface area contributed by atoms with Crippen LogP contribution in [0.15, 0.2) is 24.3 Å². The Morgan fingerprint density at radius 2 is 1.96 bits per heavy atom. The Hall–Kier alpha value is -1.62. The van der Waals surface area contributed by atoms with Crippen LogP contribution in [-0.4, -0.2) is 33.3 Å². The molecular weight excluding hydrogens is 321 g/mol. The van der Waals surface area contributed by atoms with Crippen LogP contribution in [0.4, 0.5) is 9.18 Å². The van der Waals surface area contributed by atoms with E-state index in [-0.39, 0.29) is 17.9 Å². The van der Waals surface area contributed by atoms with Crippen molar-refractivity contribution in [1.29, 1.82) is 0 Å². The third-order valence-electron chi connectivity index (χ3n) is 5.31. The predicted octanol–water partition coefficient (Wildman–Crippen LogP) is 4.57. The van der Waals surface area contributed by atoms with Crippen LogP contribution in [0.5, 0.6) is 0 Å². The van der Waals surface area contributed by atoms with Crippen molar-refractivity contribution < 1.29 is 19.0 Å². The maximum Gasteiger partial charge on any atom is 0.411 e. The number of hydrogen-bond donors (Lipinski definition) is 1. The molecule has 2 aliphatic rings. The summed E-state index contributed by atoms with van der Waals surface area (Å²) in [7, 11) is 0. The molecular formula is C20H28FNO3. The third-order valence-corrected chi connectivity index (χ3v) is 5.31. The molecule has 3 rings (SSSR count). The fourth-order valence-electron chi connectivity index (χ4n) is 4.27. The van der Waals surface area contributed by atoms with E-state index in [0.717, 1.165) is 18.4 Å². The van der Waals surface area contributed by atoms with E-state index in [1.165, 1.54) is 12.1 Å². The lowest BCUT2D eigenvalue weighted by atomic mass is 9.90. The predicted molar refractivity (Wildman–Crippen MR) is 93.7 cm³/mol. The highest BCUT2D eigenvalue weighted by molar-refractivity contribution is 5.70. The molecule has 0 aromatic heterocycles. The molecule has 0 bridgehead atoms. The first-order valence-corrected chi connectivity index (χ1v) is 9.19. The van der Waals surface area contributed by atoms with Crippen molar-refractivity contribution in [2.75, 3.05) is 0 Å². The number of amides is 1.